The Labute approximate surface area is 126 Å². The van der Waals surface area contributed by atoms with Crippen molar-refractivity contribution in [2.75, 3.05) is 13.2 Å². The van der Waals surface area contributed by atoms with E-state index in [1.165, 1.54) is 17.4 Å². The van der Waals surface area contributed by atoms with Crippen molar-refractivity contribution >= 4 is 10.9 Å². The zero-order valence-electron chi connectivity index (χ0n) is 12.9. The molecule has 21 heavy (non-hydrogen) atoms. The molecule has 1 N–H and O–H groups in total. The number of aromatic nitrogens is 1. The van der Waals surface area contributed by atoms with Crippen molar-refractivity contribution in [3.05, 3.63) is 41.6 Å². The minimum Gasteiger partial charge on any atom is -0.378 e. The van der Waals surface area contributed by atoms with E-state index in [4.69, 9.17) is 4.74 Å². The highest BCUT2D eigenvalue weighted by atomic mass is 16.5. The molecule has 0 bridgehead atoms. The molecule has 3 nitrogen and oxygen atoms in total. The van der Waals surface area contributed by atoms with Crippen molar-refractivity contribution in [1.82, 2.24) is 10.3 Å². The summed E-state index contributed by atoms with van der Waals surface area (Å²) >= 11 is 0. The lowest BCUT2D eigenvalue weighted by atomic mass is 9.99. The van der Waals surface area contributed by atoms with E-state index >= 15 is 0 Å². The molecule has 2 atom stereocenters. The number of aryl methyl sites for hydroxylation is 1. The molecular weight excluding hydrogens is 260 g/mol. The van der Waals surface area contributed by atoms with Crippen LogP contribution >= 0.6 is 0 Å². The molecule has 1 aromatic carbocycles. The number of nitrogens with one attached hydrogen (secondary N) is 1. The SMILES string of the molecule is CCC1OCCC1CNCc1cc(C)nc2ccccc12. The monoisotopic (exact) mass is 284 g/mol. The summed E-state index contributed by atoms with van der Waals surface area (Å²) in [6.07, 6.45) is 2.74. The van der Waals surface area contributed by atoms with E-state index in [9.17, 15) is 0 Å². The number of pyridine rings is 1. The molecule has 2 aromatic rings. The second-order valence-electron chi connectivity index (χ2n) is 5.94. The molecule has 3 heteroatoms. The average Bonchev–Trinajstić information content (AvgIpc) is 2.94. The molecule has 0 radical (unpaired) electrons. The second kappa shape index (κ2) is 6.54. The van der Waals surface area contributed by atoms with Crippen LogP contribution in [0, 0.1) is 12.8 Å². The van der Waals surface area contributed by atoms with Gasteiger partial charge in [0.25, 0.3) is 0 Å². The molecule has 2 heterocycles. The van der Waals surface area contributed by atoms with Crippen LogP contribution in [0.1, 0.15) is 31.0 Å². The summed E-state index contributed by atoms with van der Waals surface area (Å²) in [6, 6.07) is 10.6. The summed E-state index contributed by atoms with van der Waals surface area (Å²) in [4.78, 5) is 4.60. The summed E-state index contributed by atoms with van der Waals surface area (Å²) < 4.78 is 5.76. The van der Waals surface area contributed by atoms with Crippen LogP contribution in [0.5, 0.6) is 0 Å². The Morgan fingerprint density at radius 1 is 1.33 bits per heavy atom. The zero-order chi connectivity index (χ0) is 14.7. The van der Waals surface area contributed by atoms with Crippen LogP contribution in [0.15, 0.2) is 30.3 Å². The maximum absolute atomic E-state index is 5.76. The van der Waals surface area contributed by atoms with Crippen molar-refractivity contribution < 1.29 is 4.74 Å². The first-order valence-corrected chi connectivity index (χ1v) is 7.95. The van der Waals surface area contributed by atoms with E-state index in [1.807, 2.05) is 6.07 Å². The normalized spacial score (nSPS) is 22.0. The van der Waals surface area contributed by atoms with E-state index in [2.05, 4.69) is 48.4 Å². The van der Waals surface area contributed by atoms with E-state index in [0.29, 0.717) is 12.0 Å². The lowest BCUT2D eigenvalue weighted by molar-refractivity contribution is 0.0872. The van der Waals surface area contributed by atoms with Gasteiger partial charge in [0.05, 0.1) is 11.6 Å². The van der Waals surface area contributed by atoms with Crippen LogP contribution in [0.25, 0.3) is 10.9 Å². The van der Waals surface area contributed by atoms with E-state index < -0.39 is 0 Å². The molecule has 0 aliphatic carbocycles. The molecule has 1 saturated heterocycles. The van der Waals surface area contributed by atoms with Crippen LogP contribution < -0.4 is 5.32 Å². The third-order valence-electron chi connectivity index (χ3n) is 4.40. The fraction of sp³-hybridized carbons (Fsp3) is 0.500. The summed E-state index contributed by atoms with van der Waals surface area (Å²) in [5.74, 6) is 0.657. The van der Waals surface area contributed by atoms with Crippen LogP contribution in [0.4, 0.5) is 0 Å². The third kappa shape index (κ3) is 3.25. The van der Waals surface area contributed by atoms with Crippen molar-refractivity contribution in [1.29, 1.82) is 0 Å². The largest absolute Gasteiger partial charge is 0.378 e. The molecule has 2 unspecified atom stereocenters. The molecule has 0 spiro atoms. The van der Waals surface area contributed by atoms with Gasteiger partial charge in [-0.25, -0.2) is 0 Å². The van der Waals surface area contributed by atoms with Crippen molar-refractivity contribution in [3.8, 4) is 0 Å². The highest BCUT2D eigenvalue weighted by molar-refractivity contribution is 5.82. The Bertz CT molecular complexity index is 611. The van der Waals surface area contributed by atoms with E-state index in [-0.39, 0.29) is 0 Å². The Morgan fingerprint density at radius 3 is 3.05 bits per heavy atom. The lowest BCUT2D eigenvalue weighted by Gasteiger charge is -2.17. The number of benzene rings is 1. The molecule has 1 aliphatic heterocycles. The maximum Gasteiger partial charge on any atom is 0.0708 e. The third-order valence-corrected chi connectivity index (χ3v) is 4.40. The molecule has 112 valence electrons. The summed E-state index contributed by atoms with van der Waals surface area (Å²) in [6.45, 7) is 7.13. The van der Waals surface area contributed by atoms with Gasteiger partial charge in [0.1, 0.15) is 0 Å². The van der Waals surface area contributed by atoms with Gasteiger partial charge in [0.15, 0.2) is 0 Å². The molecule has 1 aliphatic rings. The number of hydrogen-bond donors (Lipinski definition) is 1. The highest BCUT2D eigenvalue weighted by Gasteiger charge is 2.25. The second-order valence-corrected chi connectivity index (χ2v) is 5.94. The first-order chi connectivity index (χ1) is 10.3. The minimum absolute atomic E-state index is 0.438. The number of para-hydroxylation sites is 1. The van der Waals surface area contributed by atoms with Gasteiger partial charge >= 0.3 is 0 Å². The topological polar surface area (TPSA) is 34.1 Å². The van der Waals surface area contributed by atoms with Crippen molar-refractivity contribution in [2.45, 2.75) is 39.3 Å². The average molecular weight is 284 g/mol. The lowest BCUT2D eigenvalue weighted by Crippen LogP contribution is -2.28. The first kappa shape index (κ1) is 14.5. The minimum atomic E-state index is 0.438. The molecular formula is C18H24N2O. The number of rotatable bonds is 5. The van der Waals surface area contributed by atoms with Crippen molar-refractivity contribution in [2.24, 2.45) is 5.92 Å². The Kier molecular flexibility index (Phi) is 4.51. The summed E-state index contributed by atoms with van der Waals surface area (Å²) in [5, 5.41) is 4.87. The highest BCUT2D eigenvalue weighted by Crippen LogP contribution is 2.23. The van der Waals surface area contributed by atoms with E-state index in [1.54, 1.807) is 0 Å². The molecule has 0 saturated carbocycles. The Morgan fingerprint density at radius 2 is 2.19 bits per heavy atom. The van der Waals surface area contributed by atoms with Gasteiger partial charge in [0, 0.05) is 30.8 Å². The maximum atomic E-state index is 5.76. The predicted octanol–water partition coefficient (Wildman–Crippen LogP) is 3.45. The number of fused-ring (bicyclic) bond motifs is 1. The van der Waals surface area contributed by atoms with Crippen molar-refractivity contribution in [3.63, 3.8) is 0 Å². The van der Waals surface area contributed by atoms with Gasteiger partial charge in [-0.15, -0.1) is 0 Å². The fourth-order valence-electron chi connectivity index (χ4n) is 3.31. The number of hydrogen-bond acceptors (Lipinski definition) is 3. The standard InChI is InChI=1S/C18H24N2O/c1-3-18-14(8-9-21-18)11-19-12-15-10-13(2)20-17-7-5-4-6-16(15)17/h4-7,10,14,18-19H,3,8-9,11-12H2,1-2H3. The van der Waals surface area contributed by atoms with Gasteiger partial charge in [0.2, 0.25) is 0 Å². The van der Waals surface area contributed by atoms with Gasteiger partial charge in [-0.1, -0.05) is 25.1 Å². The molecule has 3 rings (SSSR count). The number of ether oxygens (including phenoxy) is 1. The number of nitrogens with zero attached hydrogens (tertiary/aromatic N) is 1. The Hall–Kier alpha value is -1.45. The zero-order valence-corrected chi connectivity index (χ0v) is 12.9. The van der Waals surface area contributed by atoms with Gasteiger partial charge in [-0.2, -0.15) is 0 Å². The quantitative estimate of drug-likeness (QED) is 0.913. The smallest absolute Gasteiger partial charge is 0.0708 e. The predicted molar refractivity (Wildman–Crippen MR) is 86.3 cm³/mol. The van der Waals surface area contributed by atoms with Gasteiger partial charge in [-0.3, -0.25) is 4.98 Å². The molecule has 1 aromatic heterocycles. The van der Waals surface area contributed by atoms with E-state index in [0.717, 1.165) is 37.3 Å². The summed E-state index contributed by atoms with van der Waals surface area (Å²) in [5.41, 5.74) is 3.51. The fourth-order valence-corrected chi connectivity index (χ4v) is 3.31. The van der Waals surface area contributed by atoms with Gasteiger partial charge < -0.3 is 10.1 Å². The molecule has 0 amide bonds. The summed E-state index contributed by atoms with van der Waals surface area (Å²) in [7, 11) is 0. The van der Waals surface area contributed by atoms with Crippen LogP contribution in [-0.4, -0.2) is 24.2 Å². The molecule has 1 fully saturated rings. The van der Waals surface area contributed by atoms with Crippen LogP contribution in [-0.2, 0) is 11.3 Å². The first-order valence-electron chi connectivity index (χ1n) is 7.95. The van der Waals surface area contributed by atoms with Crippen LogP contribution in [0.2, 0.25) is 0 Å². The van der Waals surface area contributed by atoms with Crippen LogP contribution in [0.3, 0.4) is 0 Å². The van der Waals surface area contributed by atoms with Gasteiger partial charge in [-0.05, 0) is 43.4 Å². The Balaban J connectivity index is 1.68.